The van der Waals surface area contributed by atoms with E-state index in [9.17, 15) is 0 Å². The number of aromatic nitrogens is 3. The molecule has 2 heterocycles. The van der Waals surface area contributed by atoms with Crippen LogP contribution in [0.25, 0.3) is 22.7 Å². The third-order valence-corrected chi connectivity index (χ3v) is 5.13. The van der Waals surface area contributed by atoms with Crippen LogP contribution in [-0.2, 0) is 0 Å². The first-order valence-corrected chi connectivity index (χ1v) is 9.93. The van der Waals surface area contributed by atoms with Crippen LogP contribution >= 0.6 is 44.1 Å². The number of H-pyrrole nitrogens is 1. The van der Waals surface area contributed by atoms with Gasteiger partial charge in [-0.2, -0.15) is 14.9 Å². The van der Waals surface area contributed by atoms with Gasteiger partial charge in [0, 0.05) is 20.1 Å². The Morgan fingerprint density at radius 3 is 2.22 bits per heavy atom. The molecule has 27 heavy (non-hydrogen) atoms. The first-order valence-electron chi connectivity index (χ1n) is 7.94. The molecule has 0 unspecified atom stereocenters. The number of hydrogen-bond donors (Lipinski definition) is 1. The van der Waals surface area contributed by atoms with Crippen molar-refractivity contribution in [2.75, 3.05) is 0 Å². The quantitative estimate of drug-likeness (QED) is 0.263. The molecule has 2 aromatic heterocycles. The average molecular weight is 504 g/mol. The lowest BCUT2D eigenvalue weighted by molar-refractivity contribution is 0.574. The molecule has 2 aromatic carbocycles. The summed E-state index contributed by atoms with van der Waals surface area (Å²) in [6, 6.07) is 19.5. The van der Waals surface area contributed by atoms with E-state index in [4.69, 9.17) is 16.6 Å². The second-order valence-electron chi connectivity index (χ2n) is 5.62. The van der Waals surface area contributed by atoms with E-state index in [1.165, 1.54) is 0 Å². The molecular weight excluding hydrogens is 492 g/mol. The summed E-state index contributed by atoms with van der Waals surface area (Å²) in [6.45, 7) is 0. The van der Waals surface area contributed by atoms with Crippen LogP contribution in [0, 0.1) is 4.77 Å². The maximum absolute atomic E-state index is 5.86. The van der Waals surface area contributed by atoms with E-state index in [2.05, 4.69) is 47.2 Å². The lowest BCUT2D eigenvalue weighted by Gasteiger charge is -2.00. The first-order chi connectivity index (χ1) is 13.1. The highest BCUT2D eigenvalue weighted by Gasteiger charge is 2.08. The molecule has 0 saturated heterocycles. The number of halogens is 2. The minimum absolute atomic E-state index is 0.406. The molecule has 0 fully saturated rings. The third kappa shape index (κ3) is 4.02. The number of furan rings is 1. The first kappa shape index (κ1) is 18.1. The maximum atomic E-state index is 5.86. The van der Waals surface area contributed by atoms with Crippen molar-refractivity contribution in [1.29, 1.82) is 0 Å². The lowest BCUT2D eigenvalue weighted by atomic mass is 10.2. The van der Waals surface area contributed by atoms with Crippen LogP contribution in [-0.4, -0.2) is 21.1 Å². The van der Waals surface area contributed by atoms with Crippen molar-refractivity contribution in [2.45, 2.75) is 0 Å². The Kier molecular flexibility index (Phi) is 5.20. The molecular formula is C19H12Br2N4OS. The van der Waals surface area contributed by atoms with Gasteiger partial charge in [0.2, 0.25) is 4.77 Å². The summed E-state index contributed by atoms with van der Waals surface area (Å²) in [4.78, 5) is 0. The number of nitrogens with zero attached hydrogens (tertiary/aromatic N) is 3. The second-order valence-corrected chi connectivity index (χ2v) is 7.84. The zero-order chi connectivity index (χ0) is 18.8. The van der Waals surface area contributed by atoms with Crippen molar-refractivity contribution in [3.8, 4) is 22.7 Å². The normalized spacial score (nSPS) is 11.3. The summed E-state index contributed by atoms with van der Waals surface area (Å²) in [5.41, 5.74) is 1.89. The lowest BCUT2D eigenvalue weighted by Crippen LogP contribution is -1.94. The number of aromatic amines is 1. The van der Waals surface area contributed by atoms with E-state index >= 15 is 0 Å². The second kappa shape index (κ2) is 7.75. The molecule has 0 aliphatic heterocycles. The van der Waals surface area contributed by atoms with E-state index in [-0.39, 0.29) is 0 Å². The Bertz CT molecular complexity index is 1160. The molecule has 4 rings (SSSR count). The predicted octanol–water partition coefficient (Wildman–Crippen LogP) is 6.27. The summed E-state index contributed by atoms with van der Waals surface area (Å²) in [7, 11) is 0. The number of rotatable bonds is 4. The van der Waals surface area contributed by atoms with Crippen LogP contribution < -0.4 is 0 Å². The van der Waals surface area contributed by atoms with Crippen molar-refractivity contribution >= 4 is 50.3 Å². The molecule has 5 nitrogen and oxygen atoms in total. The number of nitrogens with one attached hydrogen (secondary N) is 1. The Morgan fingerprint density at radius 2 is 1.56 bits per heavy atom. The van der Waals surface area contributed by atoms with Crippen LogP contribution in [0.5, 0.6) is 0 Å². The zero-order valence-electron chi connectivity index (χ0n) is 13.8. The standard InChI is InChI=1S/C19H12Br2N4OS/c20-14-5-1-12(2-6-14)17-10-9-16(26-17)11-22-25-18(23-24-19(25)27)13-3-7-15(21)8-4-13/h1-11H,(H,24,27)/b22-11-. The van der Waals surface area contributed by atoms with Gasteiger partial charge in [0.1, 0.15) is 11.5 Å². The SMILES string of the molecule is S=c1[nH]nc(-c2ccc(Br)cc2)n1/N=C\c1ccc(-c2ccc(Br)cc2)o1. The fourth-order valence-corrected chi connectivity index (χ4v) is 3.20. The van der Waals surface area contributed by atoms with E-state index in [1.807, 2.05) is 60.7 Å². The molecule has 0 amide bonds. The molecule has 0 aliphatic carbocycles. The van der Waals surface area contributed by atoms with Gasteiger partial charge in [-0.05, 0) is 48.6 Å². The summed E-state index contributed by atoms with van der Waals surface area (Å²) in [5, 5.41) is 11.5. The number of hydrogen-bond acceptors (Lipinski definition) is 4. The highest BCUT2D eigenvalue weighted by atomic mass is 79.9. The molecule has 134 valence electrons. The minimum atomic E-state index is 0.406. The molecule has 0 saturated carbocycles. The molecule has 0 bridgehead atoms. The highest BCUT2D eigenvalue weighted by molar-refractivity contribution is 9.10. The van der Waals surface area contributed by atoms with E-state index < -0.39 is 0 Å². The fourth-order valence-electron chi connectivity index (χ4n) is 2.49. The van der Waals surface area contributed by atoms with Crippen LogP contribution in [0.4, 0.5) is 0 Å². The van der Waals surface area contributed by atoms with Crippen LogP contribution in [0.2, 0.25) is 0 Å². The fraction of sp³-hybridized carbons (Fsp3) is 0. The van der Waals surface area contributed by atoms with Crippen molar-refractivity contribution < 1.29 is 4.42 Å². The summed E-state index contributed by atoms with van der Waals surface area (Å²) in [5.74, 6) is 2.02. The van der Waals surface area contributed by atoms with Crippen LogP contribution in [0.3, 0.4) is 0 Å². The van der Waals surface area contributed by atoms with Crippen molar-refractivity contribution in [1.82, 2.24) is 14.9 Å². The molecule has 0 atom stereocenters. The van der Waals surface area contributed by atoms with Crippen molar-refractivity contribution in [3.63, 3.8) is 0 Å². The van der Waals surface area contributed by atoms with Gasteiger partial charge < -0.3 is 4.42 Å². The third-order valence-electron chi connectivity index (χ3n) is 3.81. The Hall–Kier alpha value is -2.29. The minimum Gasteiger partial charge on any atom is -0.455 e. The topological polar surface area (TPSA) is 59.1 Å². The summed E-state index contributed by atoms with van der Waals surface area (Å²) < 4.78 is 9.85. The van der Waals surface area contributed by atoms with Gasteiger partial charge in [0.25, 0.3) is 0 Å². The maximum Gasteiger partial charge on any atom is 0.216 e. The molecule has 0 radical (unpaired) electrons. The summed E-state index contributed by atoms with van der Waals surface area (Å²) in [6.07, 6.45) is 1.62. The predicted molar refractivity (Wildman–Crippen MR) is 115 cm³/mol. The van der Waals surface area contributed by atoms with Gasteiger partial charge >= 0.3 is 0 Å². The highest BCUT2D eigenvalue weighted by Crippen LogP contribution is 2.24. The smallest absolute Gasteiger partial charge is 0.216 e. The summed E-state index contributed by atoms with van der Waals surface area (Å²) >= 11 is 12.2. The molecule has 1 N–H and O–H groups in total. The van der Waals surface area contributed by atoms with Gasteiger partial charge in [-0.1, -0.05) is 56.1 Å². The van der Waals surface area contributed by atoms with Crippen molar-refractivity contribution in [2.24, 2.45) is 5.10 Å². The largest absolute Gasteiger partial charge is 0.455 e. The average Bonchev–Trinajstić information content (AvgIpc) is 3.28. The molecule has 0 spiro atoms. The Morgan fingerprint density at radius 1 is 0.926 bits per heavy atom. The molecule has 4 aromatic rings. The Balaban J connectivity index is 1.62. The van der Waals surface area contributed by atoms with Crippen LogP contribution in [0.15, 0.2) is 79.1 Å². The molecule has 0 aliphatic rings. The Labute approximate surface area is 177 Å². The van der Waals surface area contributed by atoms with Gasteiger partial charge in [-0.15, -0.1) is 0 Å². The molecule has 8 heteroatoms. The van der Waals surface area contributed by atoms with Gasteiger partial charge in [0.15, 0.2) is 5.82 Å². The van der Waals surface area contributed by atoms with Gasteiger partial charge in [-0.3, -0.25) is 0 Å². The van der Waals surface area contributed by atoms with Gasteiger partial charge in [0.05, 0.1) is 6.21 Å². The van der Waals surface area contributed by atoms with E-state index in [0.29, 0.717) is 16.4 Å². The zero-order valence-corrected chi connectivity index (χ0v) is 17.8. The van der Waals surface area contributed by atoms with Crippen molar-refractivity contribution in [3.05, 3.63) is 80.1 Å². The monoisotopic (exact) mass is 502 g/mol. The van der Waals surface area contributed by atoms with E-state index in [0.717, 1.165) is 25.8 Å². The van der Waals surface area contributed by atoms with Crippen LogP contribution in [0.1, 0.15) is 5.76 Å². The van der Waals surface area contributed by atoms with E-state index in [1.54, 1.807) is 10.9 Å². The van der Waals surface area contributed by atoms with Gasteiger partial charge in [-0.25, -0.2) is 5.10 Å². The number of benzene rings is 2.